The number of nitrogens with zero attached hydrogens (tertiary/aromatic N) is 5. The van der Waals surface area contributed by atoms with E-state index < -0.39 is 22.7 Å². The second-order valence-electron chi connectivity index (χ2n) is 9.17. The molecule has 0 aliphatic rings. The van der Waals surface area contributed by atoms with E-state index in [0.717, 1.165) is 4.57 Å². The van der Waals surface area contributed by atoms with Gasteiger partial charge in [-0.15, -0.1) is 4.80 Å². The molecule has 0 aliphatic heterocycles. The number of hydrogen-bond acceptors (Lipinski definition) is 7. The van der Waals surface area contributed by atoms with Crippen molar-refractivity contribution < 1.29 is 9.90 Å². The fourth-order valence-corrected chi connectivity index (χ4v) is 5.27. The van der Waals surface area contributed by atoms with Crippen LogP contribution in [0.5, 0.6) is 5.75 Å². The number of rotatable bonds is 7. The maximum absolute atomic E-state index is 13.8. The number of aryl methyl sites for hydroxylation is 3. The van der Waals surface area contributed by atoms with Crippen LogP contribution in [-0.4, -0.2) is 41.2 Å². The second kappa shape index (κ2) is 9.14. The van der Waals surface area contributed by atoms with Crippen LogP contribution in [0.2, 0.25) is 0 Å². The molecule has 3 aromatic heterocycles. The molecule has 4 rings (SSSR count). The average molecular weight is 497 g/mol. The fourth-order valence-electron chi connectivity index (χ4n) is 4.03. The van der Waals surface area contributed by atoms with Crippen LogP contribution < -0.4 is 16.6 Å². The maximum Gasteiger partial charge on any atom is 0.333 e. The zero-order valence-electron chi connectivity index (χ0n) is 20.3. The van der Waals surface area contributed by atoms with Crippen LogP contribution >= 0.6 is 11.3 Å². The number of aromatic hydroxyl groups is 1. The van der Waals surface area contributed by atoms with E-state index in [9.17, 15) is 19.5 Å². The summed E-state index contributed by atoms with van der Waals surface area (Å²) >= 11 is 1.24. The number of nitrogens with one attached hydrogen (secondary N) is 1. The predicted molar refractivity (Wildman–Crippen MR) is 134 cm³/mol. The Morgan fingerprint density at radius 1 is 1.17 bits per heavy atom. The molecule has 184 valence electrons. The number of benzene rings is 1. The number of hydrogen-bond donors (Lipinski definition) is 2. The summed E-state index contributed by atoms with van der Waals surface area (Å²) in [5.41, 5.74) is -1.29. The van der Waals surface area contributed by atoms with Crippen molar-refractivity contribution in [3.8, 4) is 10.8 Å². The predicted octanol–water partition coefficient (Wildman–Crippen LogP) is 2.32. The van der Waals surface area contributed by atoms with E-state index in [1.807, 2.05) is 19.9 Å². The number of para-hydroxylation sites is 1. The normalized spacial score (nSPS) is 11.9. The van der Waals surface area contributed by atoms with E-state index in [4.69, 9.17) is 0 Å². The Morgan fingerprint density at radius 3 is 2.46 bits per heavy atom. The summed E-state index contributed by atoms with van der Waals surface area (Å²) in [6.45, 7) is 8.73. The van der Waals surface area contributed by atoms with Crippen molar-refractivity contribution >= 4 is 27.5 Å². The highest BCUT2D eigenvalue weighted by Crippen LogP contribution is 2.31. The first-order valence-corrected chi connectivity index (χ1v) is 12.1. The lowest BCUT2D eigenvalue weighted by Gasteiger charge is -2.27. The lowest BCUT2D eigenvalue weighted by Crippen LogP contribution is -2.56. The summed E-state index contributed by atoms with van der Waals surface area (Å²) in [7, 11) is 0. The van der Waals surface area contributed by atoms with Crippen molar-refractivity contribution in [1.82, 2.24) is 29.4 Å². The van der Waals surface area contributed by atoms with Crippen LogP contribution in [0.15, 0.2) is 46.2 Å². The molecule has 2 N–H and O–H groups in total. The molecule has 0 unspecified atom stereocenters. The molecule has 0 radical (unpaired) electrons. The van der Waals surface area contributed by atoms with E-state index in [0.29, 0.717) is 32.8 Å². The van der Waals surface area contributed by atoms with E-state index in [1.165, 1.54) is 33.1 Å². The van der Waals surface area contributed by atoms with Gasteiger partial charge in [0.2, 0.25) is 5.91 Å². The molecule has 4 aromatic rings. The number of thiophene rings is 1. The molecule has 11 heteroatoms. The first-order valence-electron chi connectivity index (χ1n) is 11.3. The smallest absolute Gasteiger partial charge is 0.333 e. The SMILES string of the molecule is Cc1c(-n2nccn2)sc2c1c(=O)n(C(C)(C)C(=O)NC(C)C)c(=O)n2CCc1ccccc1O. The number of carbonyl (C=O) groups excluding carboxylic acids is 1. The van der Waals surface area contributed by atoms with Crippen molar-refractivity contribution in [2.45, 2.75) is 59.2 Å². The van der Waals surface area contributed by atoms with Crippen LogP contribution in [0.1, 0.15) is 38.8 Å². The van der Waals surface area contributed by atoms with Crippen molar-refractivity contribution in [3.63, 3.8) is 0 Å². The van der Waals surface area contributed by atoms with Gasteiger partial charge in [0.05, 0.1) is 17.8 Å². The van der Waals surface area contributed by atoms with Gasteiger partial charge in [-0.1, -0.05) is 29.5 Å². The summed E-state index contributed by atoms with van der Waals surface area (Å²) in [5.74, 6) is -0.300. The zero-order chi connectivity index (χ0) is 25.5. The largest absolute Gasteiger partial charge is 0.508 e. The Kier molecular flexibility index (Phi) is 6.37. The van der Waals surface area contributed by atoms with Gasteiger partial charge >= 0.3 is 5.69 Å². The molecule has 0 saturated carbocycles. The van der Waals surface area contributed by atoms with Gasteiger partial charge in [0, 0.05) is 18.2 Å². The van der Waals surface area contributed by atoms with E-state index in [2.05, 4.69) is 15.5 Å². The quantitative estimate of drug-likeness (QED) is 0.405. The van der Waals surface area contributed by atoms with Crippen LogP contribution in [0.4, 0.5) is 0 Å². The molecule has 0 fully saturated rings. The molecule has 0 bridgehead atoms. The molecule has 0 aliphatic carbocycles. The minimum Gasteiger partial charge on any atom is -0.508 e. The van der Waals surface area contributed by atoms with E-state index >= 15 is 0 Å². The molecule has 35 heavy (non-hydrogen) atoms. The summed E-state index contributed by atoms with van der Waals surface area (Å²) in [6, 6.07) is 6.75. The Morgan fingerprint density at radius 2 is 1.83 bits per heavy atom. The molecule has 3 heterocycles. The van der Waals surface area contributed by atoms with Gasteiger partial charge in [0.25, 0.3) is 5.56 Å². The van der Waals surface area contributed by atoms with Crippen LogP contribution in [0.25, 0.3) is 15.2 Å². The van der Waals surface area contributed by atoms with Crippen molar-refractivity contribution in [2.75, 3.05) is 0 Å². The van der Waals surface area contributed by atoms with Gasteiger partial charge < -0.3 is 10.4 Å². The minimum atomic E-state index is -1.44. The van der Waals surface area contributed by atoms with E-state index in [-0.39, 0.29) is 18.3 Å². The first-order chi connectivity index (χ1) is 16.5. The van der Waals surface area contributed by atoms with Gasteiger partial charge in [-0.25, -0.2) is 9.36 Å². The molecule has 1 aromatic carbocycles. The highest BCUT2D eigenvalue weighted by Gasteiger charge is 2.35. The van der Waals surface area contributed by atoms with Gasteiger partial charge in [-0.05, 0) is 52.7 Å². The molecular weight excluding hydrogens is 468 g/mol. The highest BCUT2D eigenvalue weighted by atomic mass is 32.1. The monoisotopic (exact) mass is 496 g/mol. The minimum absolute atomic E-state index is 0.130. The number of phenolic OH excluding ortho intramolecular Hbond substituents is 1. The number of aromatic nitrogens is 5. The van der Waals surface area contributed by atoms with Gasteiger partial charge in [-0.3, -0.25) is 14.2 Å². The van der Waals surface area contributed by atoms with Crippen molar-refractivity contribution in [1.29, 1.82) is 0 Å². The fraction of sp³-hybridized carbons (Fsp3) is 0.375. The number of carbonyl (C=O) groups is 1. The van der Waals surface area contributed by atoms with Gasteiger partial charge in [-0.2, -0.15) is 10.2 Å². The molecule has 0 saturated heterocycles. The number of amides is 1. The lowest BCUT2D eigenvalue weighted by atomic mass is 10.0. The Bertz CT molecular complexity index is 1510. The third-order valence-corrected chi connectivity index (χ3v) is 7.20. The number of phenols is 1. The van der Waals surface area contributed by atoms with Crippen LogP contribution in [0, 0.1) is 6.92 Å². The summed E-state index contributed by atoms with van der Waals surface area (Å²) in [4.78, 5) is 42.5. The zero-order valence-corrected chi connectivity index (χ0v) is 21.1. The van der Waals surface area contributed by atoms with Crippen LogP contribution in [0.3, 0.4) is 0 Å². The van der Waals surface area contributed by atoms with Gasteiger partial charge in [0.1, 0.15) is 21.1 Å². The standard InChI is InChI=1S/C24H28N6O4S/c1-14(2)27-22(33)24(4,5)29-19(32)18-15(3)20(30-25-11-12-26-30)35-21(18)28(23(29)34)13-10-16-8-6-7-9-17(16)31/h6-9,11-12,14,31H,10,13H2,1-5H3,(H,27,33). The van der Waals surface area contributed by atoms with E-state index in [1.54, 1.807) is 39.0 Å². The average Bonchev–Trinajstić information content (AvgIpc) is 3.42. The summed E-state index contributed by atoms with van der Waals surface area (Å²) < 4.78 is 2.52. The summed E-state index contributed by atoms with van der Waals surface area (Å²) in [6.07, 6.45) is 3.42. The molecule has 1 amide bonds. The Balaban J connectivity index is 1.98. The summed E-state index contributed by atoms with van der Waals surface area (Å²) in [5, 5.41) is 22.3. The topological polar surface area (TPSA) is 124 Å². The highest BCUT2D eigenvalue weighted by molar-refractivity contribution is 7.21. The molecular formula is C24H28N6O4S. The molecule has 0 spiro atoms. The Hall–Kier alpha value is -3.73. The van der Waals surface area contributed by atoms with Crippen molar-refractivity contribution in [2.24, 2.45) is 0 Å². The lowest BCUT2D eigenvalue weighted by molar-refractivity contribution is -0.129. The number of fused-ring (bicyclic) bond motifs is 1. The molecule has 10 nitrogen and oxygen atoms in total. The third kappa shape index (κ3) is 4.27. The van der Waals surface area contributed by atoms with Gasteiger partial charge in [0.15, 0.2) is 0 Å². The Labute approximate surface area is 205 Å². The maximum atomic E-state index is 13.8. The third-order valence-electron chi connectivity index (χ3n) is 5.92. The van der Waals surface area contributed by atoms with Crippen LogP contribution in [-0.2, 0) is 23.3 Å². The molecule has 0 atom stereocenters. The second-order valence-corrected chi connectivity index (χ2v) is 10.1. The first kappa shape index (κ1) is 24.4. The van der Waals surface area contributed by atoms with Crippen molar-refractivity contribution in [3.05, 3.63) is 68.6 Å².